The maximum absolute atomic E-state index is 12.5. The third-order valence-corrected chi connectivity index (χ3v) is 5.78. The van der Waals surface area contributed by atoms with Crippen LogP contribution in [-0.4, -0.2) is 42.5 Å². The van der Waals surface area contributed by atoms with E-state index in [0.717, 1.165) is 57.4 Å². The van der Waals surface area contributed by atoms with Crippen LogP contribution in [0.15, 0.2) is 24.3 Å². The van der Waals surface area contributed by atoms with E-state index in [4.69, 9.17) is 4.74 Å². The van der Waals surface area contributed by atoms with Gasteiger partial charge in [0.15, 0.2) is 0 Å². The second-order valence-corrected chi connectivity index (χ2v) is 8.01. The lowest BCUT2D eigenvalue weighted by atomic mass is 9.83. The predicted octanol–water partition coefficient (Wildman–Crippen LogP) is 3.00. The number of hydrogen-bond acceptors (Lipinski definition) is 3. The molecule has 1 saturated heterocycles. The Labute approximate surface area is 155 Å². The van der Waals surface area contributed by atoms with Crippen molar-refractivity contribution in [1.82, 2.24) is 10.2 Å². The largest absolute Gasteiger partial charge is 0.493 e. The van der Waals surface area contributed by atoms with Gasteiger partial charge in [0, 0.05) is 36.5 Å². The number of piperidine rings is 1. The number of benzene rings is 1. The topological polar surface area (TPSA) is 58.6 Å². The van der Waals surface area contributed by atoms with Gasteiger partial charge >= 0.3 is 0 Å². The summed E-state index contributed by atoms with van der Waals surface area (Å²) in [6.07, 6.45) is 7.63. The van der Waals surface area contributed by atoms with Crippen LogP contribution in [0.2, 0.25) is 0 Å². The van der Waals surface area contributed by atoms with Gasteiger partial charge in [-0.25, -0.2) is 0 Å². The van der Waals surface area contributed by atoms with Crippen LogP contribution in [0.1, 0.15) is 55.3 Å². The zero-order valence-corrected chi connectivity index (χ0v) is 15.3. The first-order valence-corrected chi connectivity index (χ1v) is 10.0. The molecule has 5 nitrogen and oxygen atoms in total. The van der Waals surface area contributed by atoms with E-state index in [1.807, 2.05) is 29.2 Å². The normalized spacial score (nSPS) is 23.2. The molecule has 2 aliphatic carbocycles. The van der Waals surface area contributed by atoms with Gasteiger partial charge in [-0.2, -0.15) is 0 Å². The van der Waals surface area contributed by atoms with Crippen LogP contribution in [0.4, 0.5) is 0 Å². The quantitative estimate of drug-likeness (QED) is 0.852. The molecular weight excluding hydrogens is 328 g/mol. The van der Waals surface area contributed by atoms with E-state index in [1.54, 1.807) is 0 Å². The third-order valence-electron chi connectivity index (χ3n) is 5.78. The zero-order chi connectivity index (χ0) is 17.9. The molecule has 4 rings (SSSR count). The first-order valence-electron chi connectivity index (χ1n) is 10.0. The number of nitrogens with zero attached hydrogens (tertiary/aromatic N) is 1. The van der Waals surface area contributed by atoms with Gasteiger partial charge in [-0.05, 0) is 56.7 Å². The van der Waals surface area contributed by atoms with Crippen LogP contribution in [0.5, 0.6) is 5.75 Å². The maximum atomic E-state index is 12.5. The first-order chi connectivity index (χ1) is 12.7. The van der Waals surface area contributed by atoms with E-state index in [0.29, 0.717) is 30.0 Å². The van der Waals surface area contributed by atoms with Gasteiger partial charge in [-0.3, -0.25) is 9.59 Å². The molecule has 1 aromatic rings. The number of carbonyl (C=O) groups excluding carboxylic acids is 2. The summed E-state index contributed by atoms with van der Waals surface area (Å²) in [6.45, 7) is 2.29. The second-order valence-electron chi connectivity index (χ2n) is 8.01. The van der Waals surface area contributed by atoms with Crippen molar-refractivity contribution in [3.63, 3.8) is 0 Å². The molecule has 26 heavy (non-hydrogen) atoms. The summed E-state index contributed by atoms with van der Waals surface area (Å²) in [5, 5.41) is 3.00. The van der Waals surface area contributed by atoms with E-state index in [2.05, 4.69) is 5.32 Å². The molecule has 1 N–H and O–H groups in total. The first kappa shape index (κ1) is 17.4. The van der Waals surface area contributed by atoms with Crippen molar-refractivity contribution < 1.29 is 14.3 Å². The van der Waals surface area contributed by atoms with Gasteiger partial charge in [0.1, 0.15) is 5.75 Å². The predicted molar refractivity (Wildman–Crippen MR) is 99.1 cm³/mol. The Hall–Kier alpha value is -2.04. The Morgan fingerprint density at radius 1 is 1.12 bits per heavy atom. The molecule has 2 saturated carbocycles. The molecule has 1 aromatic carbocycles. The molecule has 0 spiro atoms. The van der Waals surface area contributed by atoms with Gasteiger partial charge in [0.05, 0.1) is 6.61 Å². The van der Waals surface area contributed by atoms with E-state index in [1.165, 1.54) is 6.42 Å². The van der Waals surface area contributed by atoms with Crippen LogP contribution in [-0.2, 0) is 4.79 Å². The Morgan fingerprint density at radius 2 is 1.96 bits per heavy atom. The average Bonchev–Trinajstić information content (AvgIpc) is 3.43. The molecule has 5 heteroatoms. The number of nitrogens with one attached hydrogen (secondary N) is 1. The molecule has 0 unspecified atom stereocenters. The summed E-state index contributed by atoms with van der Waals surface area (Å²) in [7, 11) is 0. The van der Waals surface area contributed by atoms with Crippen molar-refractivity contribution in [1.29, 1.82) is 0 Å². The lowest BCUT2D eigenvalue weighted by molar-refractivity contribution is -0.140. The number of carbonyl (C=O) groups is 2. The molecule has 0 aromatic heterocycles. The van der Waals surface area contributed by atoms with E-state index < -0.39 is 0 Å². The Kier molecular flexibility index (Phi) is 5.14. The van der Waals surface area contributed by atoms with Crippen molar-refractivity contribution in [2.45, 2.75) is 51.0 Å². The van der Waals surface area contributed by atoms with E-state index >= 15 is 0 Å². The summed E-state index contributed by atoms with van der Waals surface area (Å²) >= 11 is 0. The minimum atomic E-state index is -0.0205. The minimum Gasteiger partial charge on any atom is -0.493 e. The van der Waals surface area contributed by atoms with Crippen LogP contribution >= 0.6 is 0 Å². The third kappa shape index (κ3) is 4.19. The lowest BCUT2D eigenvalue weighted by Crippen LogP contribution is -2.45. The van der Waals surface area contributed by atoms with Crippen LogP contribution in [0.25, 0.3) is 0 Å². The molecule has 3 aliphatic rings. The minimum absolute atomic E-state index is 0.0205. The lowest BCUT2D eigenvalue weighted by Gasteiger charge is -2.37. The van der Waals surface area contributed by atoms with Gasteiger partial charge in [0.2, 0.25) is 5.91 Å². The van der Waals surface area contributed by atoms with E-state index in [-0.39, 0.29) is 11.8 Å². The highest BCUT2D eigenvalue weighted by Crippen LogP contribution is 2.30. The van der Waals surface area contributed by atoms with Crippen LogP contribution in [0, 0.1) is 11.8 Å². The zero-order valence-electron chi connectivity index (χ0n) is 15.3. The molecule has 140 valence electrons. The van der Waals surface area contributed by atoms with Crippen molar-refractivity contribution >= 4 is 11.8 Å². The van der Waals surface area contributed by atoms with Gasteiger partial charge in [0.25, 0.3) is 5.91 Å². The Balaban J connectivity index is 1.29. The van der Waals surface area contributed by atoms with Crippen molar-refractivity contribution in [3.8, 4) is 5.75 Å². The highest BCUT2D eigenvalue weighted by Gasteiger charge is 2.32. The SMILES string of the molecule is O=C(NC1CC1)c1cccc(OC[C@@H]2CCCN(C(=O)C3CCC3)C2)c1. The van der Waals surface area contributed by atoms with Crippen molar-refractivity contribution in [2.24, 2.45) is 11.8 Å². The van der Waals surface area contributed by atoms with Crippen LogP contribution in [0.3, 0.4) is 0 Å². The molecule has 1 atom stereocenters. The number of amides is 2. The standard InChI is InChI=1S/C21H28N2O3/c24-20(22-18-9-10-18)17-7-2-8-19(12-17)26-14-15-4-3-11-23(13-15)21(25)16-5-1-6-16/h2,7-8,12,15-16,18H,1,3-6,9-11,13-14H2,(H,22,24)/t15-/m1/s1. The van der Waals surface area contributed by atoms with E-state index in [9.17, 15) is 9.59 Å². The fourth-order valence-electron chi connectivity index (χ4n) is 3.75. The molecule has 2 amide bonds. The summed E-state index contributed by atoms with van der Waals surface area (Å²) < 4.78 is 5.97. The van der Waals surface area contributed by atoms with Gasteiger partial charge in [-0.15, -0.1) is 0 Å². The Morgan fingerprint density at radius 3 is 2.69 bits per heavy atom. The Bertz CT molecular complexity index is 667. The monoisotopic (exact) mass is 356 g/mol. The fraction of sp³-hybridized carbons (Fsp3) is 0.619. The number of ether oxygens (including phenoxy) is 1. The molecule has 1 heterocycles. The summed E-state index contributed by atoms with van der Waals surface area (Å²) in [4.78, 5) is 26.7. The second kappa shape index (κ2) is 7.68. The fourth-order valence-corrected chi connectivity index (χ4v) is 3.75. The molecule has 1 aliphatic heterocycles. The molecule has 3 fully saturated rings. The molecule has 0 bridgehead atoms. The van der Waals surface area contributed by atoms with Gasteiger partial charge < -0.3 is 15.0 Å². The number of rotatable bonds is 6. The molecule has 0 radical (unpaired) electrons. The highest BCUT2D eigenvalue weighted by atomic mass is 16.5. The van der Waals surface area contributed by atoms with Gasteiger partial charge in [-0.1, -0.05) is 12.5 Å². The number of hydrogen-bond donors (Lipinski definition) is 1. The van der Waals surface area contributed by atoms with Crippen LogP contribution < -0.4 is 10.1 Å². The summed E-state index contributed by atoms with van der Waals surface area (Å²) in [6, 6.07) is 7.76. The molecular formula is C21H28N2O3. The average molecular weight is 356 g/mol. The summed E-state index contributed by atoms with van der Waals surface area (Å²) in [5.74, 6) is 1.71. The summed E-state index contributed by atoms with van der Waals surface area (Å²) in [5.41, 5.74) is 0.653. The maximum Gasteiger partial charge on any atom is 0.251 e. The number of likely N-dealkylation sites (tertiary alicyclic amines) is 1. The smallest absolute Gasteiger partial charge is 0.251 e. The highest BCUT2D eigenvalue weighted by molar-refractivity contribution is 5.94. The van der Waals surface area contributed by atoms with Crippen molar-refractivity contribution in [3.05, 3.63) is 29.8 Å². The van der Waals surface area contributed by atoms with Crippen molar-refractivity contribution in [2.75, 3.05) is 19.7 Å².